The topological polar surface area (TPSA) is 114 Å². The molecule has 180 valence electrons. The van der Waals surface area contributed by atoms with Crippen molar-refractivity contribution in [3.05, 3.63) is 54.1 Å². The predicted octanol–water partition coefficient (Wildman–Crippen LogP) is 3.56. The van der Waals surface area contributed by atoms with E-state index in [1.807, 2.05) is 6.92 Å². The minimum Gasteiger partial charge on any atom is -0.494 e. The minimum absolute atomic E-state index is 0.0476. The second-order valence-electron chi connectivity index (χ2n) is 8.99. The van der Waals surface area contributed by atoms with Crippen LogP contribution in [0.2, 0.25) is 0 Å². The molecule has 0 fully saturated rings. The largest absolute Gasteiger partial charge is 0.494 e. The maximum absolute atomic E-state index is 13.1. The van der Waals surface area contributed by atoms with E-state index in [-0.39, 0.29) is 16.5 Å². The molecule has 0 aliphatic rings. The standard InChI is InChI=1S/C24H33N3O5S/c1-7-32-18-14-12-17(13-15-18)22(28)26-21(16(2)3)23(29)25-19-10-8-9-11-20(19)33(30,31)27-24(4,5)6/h8-16,21,27H,7H2,1-6H3,(H,25,29)(H,26,28). The molecule has 0 saturated heterocycles. The van der Waals surface area contributed by atoms with Gasteiger partial charge in [0.2, 0.25) is 15.9 Å². The van der Waals surface area contributed by atoms with Crippen LogP contribution in [0.5, 0.6) is 5.75 Å². The fraction of sp³-hybridized carbons (Fsp3) is 0.417. The van der Waals surface area contributed by atoms with Gasteiger partial charge in [-0.15, -0.1) is 0 Å². The second kappa shape index (κ2) is 10.8. The van der Waals surface area contributed by atoms with E-state index in [1.165, 1.54) is 12.1 Å². The van der Waals surface area contributed by atoms with Gasteiger partial charge in [0.25, 0.3) is 5.91 Å². The number of benzene rings is 2. The molecule has 1 atom stereocenters. The van der Waals surface area contributed by atoms with Crippen LogP contribution in [0.4, 0.5) is 5.69 Å². The Morgan fingerprint density at radius 1 is 1.00 bits per heavy atom. The van der Waals surface area contributed by atoms with Crippen LogP contribution in [0.1, 0.15) is 51.9 Å². The molecule has 3 N–H and O–H groups in total. The van der Waals surface area contributed by atoms with Gasteiger partial charge >= 0.3 is 0 Å². The van der Waals surface area contributed by atoms with Gasteiger partial charge in [-0.25, -0.2) is 13.1 Å². The summed E-state index contributed by atoms with van der Waals surface area (Å²) in [7, 11) is -3.88. The second-order valence-corrected chi connectivity index (χ2v) is 10.6. The summed E-state index contributed by atoms with van der Waals surface area (Å²) in [6, 6.07) is 11.9. The summed E-state index contributed by atoms with van der Waals surface area (Å²) in [4.78, 5) is 25.7. The van der Waals surface area contributed by atoms with E-state index >= 15 is 0 Å². The van der Waals surface area contributed by atoms with Gasteiger partial charge in [-0.3, -0.25) is 9.59 Å². The van der Waals surface area contributed by atoms with Gasteiger partial charge in [0.1, 0.15) is 16.7 Å². The summed E-state index contributed by atoms with van der Waals surface area (Å²) in [5, 5.41) is 5.42. The number of nitrogens with one attached hydrogen (secondary N) is 3. The van der Waals surface area contributed by atoms with Gasteiger partial charge in [-0.05, 0) is 70.0 Å². The van der Waals surface area contributed by atoms with E-state index in [0.29, 0.717) is 17.9 Å². The lowest BCUT2D eigenvalue weighted by Gasteiger charge is -2.24. The Morgan fingerprint density at radius 3 is 2.15 bits per heavy atom. The Bertz CT molecular complexity index is 1070. The first-order chi connectivity index (χ1) is 15.3. The van der Waals surface area contributed by atoms with Crippen LogP contribution in [0.25, 0.3) is 0 Å². The van der Waals surface area contributed by atoms with Crippen molar-refractivity contribution in [3.63, 3.8) is 0 Å². The lowest BCUT2D eigenvalue weighted by Crippen LogP contribution is -2.47. The van der Waals surface area contributed by atoms with Gasteiger partial charge in [-0.2, -0.15) is 0 Å². The first-order valence-electron chi connectivity index (χ1n) is 10.8. The van der Waals surface area contributed by atoms with Crippen LogP contribution in [0.15, 0.2) is 53.4 Å². The van der Waals surface area contributed by atoms with Crippen LogP contribution < -0.4 is 20.1 Å². The molecule has 0 saturated carbocycles. The van der Waals surface area contributed by atoms with Gasteiger partial charge in [0, 0.05) is 11.1 Å². The highest BCUT2D eigenvalue weighted by molar-refractivity contribution is 7.89. The Hall–Kier alpha value is -2.91. The van der Waals surface area contributed by atoms with Crippen molar-refractivity contribution in [1.82, 2.24) is 10.0 Å². The molecule has 33 heavy (non-hydrogen) atoms. The smallest absolute Gasteiger partial charge is 0.251 e. The van der Waals surface area contributed by atoms with Crippen molar-refractivity contribution in [1.29, 1.82) is 0 Å². The number of carbonyl (C=O) groups is 2. The van der Waals surface area contributed by atoms with E-state index in [9.17, 15) is 18.0 Å². The van der Waals surface area contributed by atoms with Gasteiger partial charge in [-0.1, -0.05) is 26.0 Å². The van der Waals surface area contributed by atoms with Crippen molar-refractivity contribution in [2.75, 3.05) is 11.9 Å². The lowest BCUT2D eigenvalue weighted by atomic mass is 10.0. The van der Waals surface area contributed by atoms with Gasteiger partial charge < -0.3 is 15.4 Å². The lowest BCUT2D eigenvalue weighted by molar-refractivity contribution is -0.118. The third-order valence-electron chi connectivity index (χ3n) is 4.54. The molecular formula is C24H33N3O5S. The third-order valence-corrected chi connectivity index (χ3v) is 6.35. The highest BCUT2D eigenvalue weighted by Gasteiger charge is 2.28. The van der Waals surface area contributed by atoms with Crippen LogP contribution in [0, 0.1) is 5.92 Å². The van der Waals surface area contributed by atoms with Crippen molar-refractivity contribution in [2.24, 2.45) is 5.92 Å². The summed E-state index contributed by atoms with van der Waals surface area (Å²) >= 11 is 0. The van der Waals surface area contributed by atoms with Crippen LogP contribution in [-0.2, 0) is 14.8 Å². The zero-order valence-electron chi connectivity index (χ0n) is 19.9. The van der Waals surface area contributed by atoms with Crippen LogP contribution >= 0.6 is 0 Å². The van der Waals surface area contributed by atoms with Crippen molar-refractivity contribution < 1.29 is 22.7 Å². The summed E-state index contributed by atoms with van der Waals surface area (Å²) in [5.74, 6) is -0.521. The average molecular weight is 476 g/mol. The maximum atomic E-state index is 13.1. The normalized spacial score (nSPS) is 12.8. The zero-order chi connectivity index (χ0) is 24.8. The highest BCUT2D eigenvalue weighted by atomic mass is 32.2. The van der Waals surface area contributed by atoms with E-state index in [4.69, 9.17) is 4.74 Å². The summed E-state index contributed by atoms with van der Waals surface area (Å²) in [5.41, 5.74) is -0.170. The fourth-order valence-corrected chi connectivity index (χ4v) is 4.68. The number of carbonyl (C=O) groups excluding carboxylic acids is 2. The Kier molecular flexibility index (Phi) is 8.63. The average Bonchev–Trinajstić information content (AvgIpc) is 2.71. The molecule has 0 aromatic heterocycles. The molecule has 0 bridgehead atoms. The predicted molar refractivity (Wildman–Crippen MR) is 129 cm³/mol. The molecule has 2 aromatic carbocycles. The molecule has 8 nitrogen and oxygen atoms in total. The zero-order valence-corrected chi connectivity index (χ0v) is 20.7. The van der Waals surface area contributed by atoms with Crippen molar-refractivity contribution >= 4 is 27.5 Å². The highest BCUT2D eigenvalue weighted by Crippen LogP contribution is 2.23. The third kappa shape index (κ3) is 7.57. The molecular weight excluding hydrogens is 442 g/mol. The molecule has 0 heterocycles. The van der Waals surface area contributed by atoms with Crippen molar-refractivity contribution in [3.8, 4) is 5.75 Å². The number of para-hydroxylation sites is 1. The van der Waals surface area contributed by atoms with E-state index < -0.39 is 33.4 Å². The molecule has 9 heteroatoms. The van der Waals surface area contributed by atoms with E-state index in [0.717, 1.165) is 0 Å². The quantitative estimate of drug-likeness (QED) is 0.513. The Morgan fingerprint density at radius 2 is 1.61 bits per heavy atom. The van der Waals surface area contributed by atoms with Crippen molar-refractivity contribution in [2.45, 2.75) is 58.0 Å². The summed E-state index contributed by atoms with van der Waals surface area (Å²) in [6.45, 7) is 11.2. The van der Waals surface area contributed by atoms with E-state index in [1.54, 1.807) is 71.0 Å². The van der Waals surface area contributed by atoms with Crippen LogP contribution in [-0.4, -0.2) is 38.4 Å². The molecule has 0 aliphatic heterocycles. The molecule has 2 aromatic rings. The molecule has 0 spiro atoms. The number of amides is 2. The number of hydrogen-bond donors (Lipinski definition) is 3. The Labute approximate surface area is 196 Å². The first kappa shape index (κ1) is 26.3. The maximum Gasteiger partial charge on any atom is 0.251 e. The van der Waals surface area contributed by atoms with Gasteiger partial charge in [0.05, 0.1) is 12.3 Å². The monoisotopic (exact) mass is 475 g/mol. The fourth-order valence-electron chi connectivity index (χ4n) is 3.10. The van der Waals surface area contributed by atoms with Gasteiger partial charge in [0.15, 0.2) is 0 Å². The number of sulfonamides is 1. The number of ether oxygens (including phenoxy) is 1. The van der Waals surface area contributed by atoms with Crippen LogP contribution in [0.3, 0.4) is 0 Å². The molecule has 2 rings (SSSR count). The molecule has 0 aliphatic carbocycles. The van der Waals surface area contributed by atoms with E-state index in [2.05, 4.69) is 15.4 Å². The number of rotatable bonds is 9. The summed E-state index contributed by atoms with van der Waals surface area (Å²) < 4.78 is 33.7. The number of anilines is 1. The minimum atomic E-state index is -3.88. The molecule has 1 unspecified atom stereocenters. The molecule has 0 radical (unpaired) electrons. The Balaban J connectivity index is 2.22. The summed E-state index contributed by atoms with van der Waals surface area (Å²) in [6.07, 6.45) is 0. The first-order valence-corrected chi connectivity index (χ1v) is 12.3. The SMILES string of the molecule is CCOc1ccc(C(=O)NC(C(=O)Nc2ccccc2S(=O)(=O)NC(C)(C)C)C(C)C)cc1. The number of hydrogen-bond acceptors (Lipinski definition) is 5. The molecule has 2 amide bonds.